The number of nitrogens with zero attached hydrogens (tertiary/aromatic N) is 2. The number of hydrogen-bond donors (Lipinski definition) is 3. The van der Waals surface area contributed by atoms with Crippen LogP contribution in [0.25, 0.3) is 0 Å². The van der Waals surface area contributed by atoms with Crippen LogP contribution in [-0.4, -0.2) is 89.6 Å². The first-order chi connectivity index (χ1) is 18.5. The molecule has 8 nitrogen and oxygen atoms in total. The van der Waals surface area contributed by atoms with Crippen LogP contribution in [-0.2, 0) is 9.53 Å². The molecule has 0 aromatic carbocycles. The van der Waals surface area contributed by atoms with Crippen LogP contribution in [0.3, 0.4) is 0 Å². The lowest BCUT2D eigenvalue weighted by Gasteiger charge is -2.64. The third-order valence-electron chi connectivity index (χ3n) is 12.8. The Hall–Kier alpha value is -1.64. The lowest BCUT2D eigenvalue weighted by atomic mass is 9.43. The zero-order valence-corrected chi connectivity index (χ0v) is 24.2. The van der Waals surface area contributed by atoms with E-state index in [2.05, 4.69) is 24.1 Å². The Morgan fingerprint density at radius 1 is 1.13 bits per heavy atom. The molecule has 0 aromatic rings. The number of rotatable bonds is 5. The molecule has 0 spiro atoms. The molecule has 218 valence electrons. The van der Waals surface area contributed by atoms with Crippen molar-refractivity contribution in [3.05, 3.63) is 11.6 Å². The van der Waals surface area contributed by atoms with Crippen LogP contribution in [0.1, 0.15) is 78.1 Å². The highest BCUT2D eigenvalue weighted by atomic mass is 16.5. The van der Waals surface area contributed by atoms with Crippen LogP contribution in [0.4, 0.5) is 4.79 Å². The van der Waals surface area contributed by atoms with Crippen molar-refractivity contribution in [3.63, 3.8) is 0 Å². The number of aliphatic hydroxyl groups is 2. The van der Waals surface area contributed by atoms with Gasteiger partial charge in [-0.3, -0.25) is 4.90 Å². The largest absolute Gasteiger partial charge is 0.458 e. The molecule has 39 heavy (non-hydrogen) atoms. The van der Waals surface area contributed by atoms with Crippen LogP contribution in [0.15, 0.2) is 11.6 Å². The maximum Gasteiger partial charge on any atom is 0.331 e. The lowest BCUT2D eigenvalue weighted by molar-refractivity contribution is -0.206. The second-order valence-electron chi connectivity index (χ2n) is 14.3. The number of aliphatic hydroxyl groups excluding tert-OH is 1. The standard InChI is InChI=1S/C31H49N3O5/c1-29-10-6-22(33(3)28(37)32-13-15-34-14-9-23(35)18-34)17-21(29)4-5-26-25(29)7-11-30(2)24(8-12-31(26,30)38)20-16-27(36)39-19-20/h16,21-26,35,38H,4-15,17-19H2,1-3H3,(H,32,37)/t21-,22+,23+,24-,25+,26-,29+,30-,31+/m1/s1. The van der Waals surface area contributed by atoms with Crippen molar-refractivity contribution in [2.45, 2.75) is 95.8 Å². The molecule has 2 amide bonds. The van der Waals surface area contributed by atoms with Gasteiger partial charge in [-0.05, 0) is 98.9 Å². The Kier molecular flexibility index (Phi) is 7.07. The molecule has 3 N–H and O–H groups in total. The first-order valence-corrected chi connectivity index (χ1v) is 15.6. The van der Waals surface area contributed by atoms with E-state index >= 15 is 0 Å². The molecule has 4 aliphatic carbocycles. The summed E-state index contributed by atoms with van der Waals surface area (Å²) in [5, 5.41) is 25.3. The molecule has 6 aliphatic rings. The monoisotopic (exact) mass is 543 g/mol. The van der Waals surface area contributed by atoms with Crippen LogP contribution in [0.2, 0.25) is 0 Å². The van der Waals surface area contributed by atoms with Crippen LogP contribution in [0.5, 0.6) is 0 Å². The lowest BCUT2D eigenvalue weighted by Crippen LogP contribution is -2.63. The predicted molar refractivity (Wildman–Crippen MR) is 148 cm³/mol. The van der Waals surface area contributed by atoms with Gasteiger partial charge in [-0.2, -0.15) is 0 Å². The van der Waals surface area contributed by atoms with Crippen LogP contribution < -0.4 is 5.32 Å². The second kappa shape index (κ2) is 10.0. The van der Waals surface area contributed by atoms with Crippen molar-refractivity contribution >= 4 is 12.0 Å². The summed E-state index contributed by atoms with van der Waals surface area (Å²) in [4.78, 5) is 29.0. The maximum atomic E-state index is 13.0. The van der Waals surface area contributed by atoms with E-state index in [1.54, 1.807) is 6.08 Å². The van der Waals surface area contributed by atoms with E-state index in [9.17, 15) is 19.8 Å². The number of nitrogens with one attached hydrogen (secondary N) is 1. The van der Waals surface area contributed by atoms with Crippen molar-refractivity contribution in [3.8, 4) is 0 Å². The number of carbonyl (C=O) groups excluding carboxylic acids is 2. The average molecular weight is 544 g/mol. The zero-order chi connectivity index (χ0) is 27.6. The molecule has 0 radical (unpaired) electrons. The molecule has 9 atom stereocenters. The molecule has 8 heteroatoms. The van der Waals surface area contributed by atoms with E-state index < -0.39 is 5.60 Å². The van der Waals surface area contributed by atoms with Crippen molar-refractivity contribution in [2.24, 2.45) is 34.5 Å². The number of likely N-dealkylation sites (tertiary alicyclic amines) is 1. The third-order valence-corrected chi connectivity index (χ3v) is 12.8. The van der Waals surface area contributed by atoms with Crippen LogP contribution in [0, 0.1) is 34.5 Å². The summed E-state index contributed by atoms with van der Waals surface area (Å²) in [6.45, 7) is 8.18. The Bertz CT molecular complexity index is 1020. The fourth-order valence-corrected chi connectivity index (χ4v) is 10.4. The van der Waals surface area contributed by atoms with Crippen molar-refractivity contribution in [2.75, 3.05) is 39.8 Å². The Labute approximate surface area is 233 Å². The Morgan fingerprint density at radius 3 is 2.67 bits per heavy atom. The van der Waals surface area contributed by atoms with Gasteiger partial charge in [-0.15, -0.1) is 0 Å². The molecule has 6 rings (SSSR count). The third kappa shape index (κ3) is 4.44. The molecular weight excluding hydrogens is 494 g/mol. The minimum absolute atomic E-state index is 0.0143. The molecule has 2 aliphatic heterocycles. The van der Waals surface area contributed by atoms with Gasteiger partial charge in [0.15, 0.2) is 0 Å². The topological polar surface area (TPSA) is 102 Å². The van der Waals surface area contributed by atoms with Gasteiger partial charge in [-0.25, -0.2) is 9.59 Å². The summed E-state index contributed by atoms with van der Waals surface area (Å²) in [7, 11) is 1.95. The fraction of sp³-hybridized carbons (Fsp3) is 0.871. The average Bonchev–Trinajstić information content (AvgIpc) is 3.59. The summed E-state index contributed by atoms with van der Waals surface area (Å²) < 4.78 is 5.27. The number of esters is 1. The number of amides is 2. The zero-order valence-electron chi connectivity index (χ0n) is 24.2. The smallest absolute Gasteiger partial charge is 0.331 e. The minimum Gasteiger partial charge on any atom is -0.458 e. The normalized spacial score (nSPS) is 45.7. The van der Waals surface area contributed by atoms with Gasteiger partial charge in [0.2, 0.25) is 0 Å². The van der Waals surface area contributed by atoms with Crippen molar-refractivity contribution < 1.29 is 24.5 Å². The van der Waals surface area contributed by atoms with Gasteiger partial charge in [0.1, 0.15) is 6.61 Å². The Morgan fingerprint density at radius 2 is 1.95 bits per heavy atom. The van der Waals surface area contributed by atoms with E-state index in [0.29, 0.717) is 37.5 Å². The number of cyclic esters (lactones) is 1. The van der Waals surface area contributed by atoms with Gasteiger partial charge in [-0.1, -0.05) is 13.8 Å². The van der Waals surface area contributed by atoms with Gasteiger partial charge in [0.25, 0.3) is 0 Å². The van der Waals surface area contributed by atoms with Gasteiger partial charge in [0, 0.05) is 50.8 Å². The van der Waals surface area contributed by atoms with E-state index in [4.69, 9.17) is 4.74 Å². The van der Waals surface area contributed by atoms with E-state index in [0.717, 1.165) is 82.9 Å². The molecule has 1 saturated heterocycles. The summed E-state index contributed by atoms with van der Waals surface area (Å²) >= 11 is 0. The molecule has 0 aromatic heterocycles. The minimum atomic E-state index is -0.681. The molecular formula is C31H49N3O5. The maximum absolute atomic E-state index is 13.0. The molecule has 0 unspecified atom stereocenters. The molecule has 0 bridgehead atoms. The summed E-state index contributed by atoms with van der Waals surface area (Å²) in [5.74, 6) is 1.40. The molecule has 2 heterocycles. The molecule has 4 saturated carbocycles. The van der Waals surface area contributed by atoms with Gasteiger partial charge < -0.3 is 25.2 Å². The number of carbonyl (C=O) groups is 2. The Balaban J connectivity index is 1.09. The van der Waals surface area contributed by atoms with E-state index in [1.165, 1.54) is 0 Å². The van der Waals surface area contributed by atoms with E-state index in [1.807, 2.05) is 11.9 Å². The fourth-order valence-electron chi connectivity index (χ4n) is 10.4. The van der Waals surface area contributed by atoms with Gasteiger partial charge in [0.05, 0.1) is 11.7 Å². The molecule has 5 fully saturated rings. The highest BCUT2D eigenvalue weighted by molar-refractivity contribution is 5.85. The predicted octanol–water partition coefficient (Wildman–Crippen LogP) is 3.32. The van der Waals surface area contributed by atoms with Crippen LogP contribution >= 0.6 is 0 Å². The number of fused-ring (bicyclic) bond motifs is 5. The highest BCUT2D eigenvalue weighted by Crippen LogP contribution is 2.70. The first-order valence-electron chi connectivity index (χ1n) is 15.6. The summed E-state index contributed by atoms with van der Waals surface area (Å²) in [6, 6.07) is 0.272. The number of ether oxygens (including phenoxy) is 1. The van der Waals surface area contributed by atoms with E-state index in [-0.39, 0.29) is 40.9 Å². The first kappa shape index (κ1) is 27.5. The highest BCUT2D eigenvalue weighted by Gasteiger charge is 2.67. The van der Waals surface area contributed by atoms with Crippen molar-refractivity contribution in [1.82, 2.24) is 15.1 Å². The summed E-state index contributed by atoms with van der Waals surface area (Å²) in [6.07, 6.45) is 11.5. The van der Waals surface area contributed by atoms with Gasteiger partial charge >= 0.3 is 12.0 Å². The van der Waals surface area contributed by atoms with Crippen molar-refractivity contribution in [1.29, 1.82) is 0 Å². The number of β-amino-alcohol motifs (C(OH)–C–C–N with tert-alkyl or cyclic N) is 1. The summed E-state index contributed by atoms with van der Waals surface area (Å²) in [5.41, 5.74) is 0.421. The second-order valence-corrected chi connectivity index (χ2v) is 14.3. The number of hydrogen-bond acceptors (Lipinski definition) is 6. The quantitative estimate of drug-likeness (QED) is 0.460. The number of urea groups is 1. The SMILES string of the molecule is CN(C(=O)NCCN1CC[C@H](O)C1)[C@H]1CC[C@@]2(C)[C@H](CC[C@@H]3[C@@H]2CC[C@]2(C)[C@@H](C4=CC(=O)OC4)CC[C@]32O)C1.